The normalized spacial score (nSPS) is 9.80. The lowest BCUT2D eigenvalue weighted by molar-refractivity contribution is -0.107. The zero-order valence-electron chi connectivity index (χ0n) is 9.84. The number of hydrogen-bond acceptors (Lipinski definition) is 1. The van der Waals surface area contributed by atoms with Gasteiger partial charge in [0.25, 0.3) is 0 Å². The third-order valence-electron chi connectivity index (χ3n) is 2.64. The highest BCUT2D eigenvalue weighted by atomic mass is 16.1. The zero-order valence-corrected chi connectivity index (χ0v) is 9.84. The van der Waals surface area contributed by atoms with E-state index in [0.717, 1.165) is 25.5 Å². The molecule has 0 aliphatic heterocycles. The van der Waals surface area contributed by atoms with Crippen LogP contribution in [-0.4, -0.2) is 6.29 Å². The van der Waals surface area contributed by atoms with Gasteiger partial charge in [-0.05, 0) is 12.8 Å². The molecule has 0 rings (SSSR count). The molecule has 0 amide bonds. The molecule has 0 spiro atoms. The van der Waals surface area contributed by atoms with Gasteiger partial charge in [-0.1, -0.05) is 44.9 Å². The van der Waals surface area contributed by atoms with E-state index in [4.69, 9.17) is 6.42 Å². The van der Waals surface area contributed by atoms with Crippen LogP contribution in [0.2, 0.25) is 0 Å². The number of hydrogen-bond donors (Lipinski definition) is 0. The second kappa shape index (κ2) is 13.2. The Labute approximate surface area is 94.6 Å². The van der Waals surface area contributed by atoms with Gasteiger partial charge in [-0.2, -0.15) is 0 Å². The first-order chi connectivity index (χ1) is 7.41. The molecule has 0 unspecified atom stereocenters. The first kappa shape index (κ1) is 14.2. The van der Waals surface area contributed by atoms with E-state index < -0.39 is 0 Å². The van der Waals surface area contributed by atoms with E-state index in [2.05, 4.69) is 5.92 Å². The van der Waals surface area contributed by atoms with Gasteiger partial charge in [0.1, 0.15) is 6.29 Å². The van der Waals surface area contributed by atoms with Crippen molar-refractivity contribution >= 4 is 6.29 Å². The summed E-state index contributed by atoms with van der Waals surface area (Å²) in [6.45, 7) is 0. The highest BCUT2D eigenvalue weighted by Gasteiger charge is 1.92. The van der Waals surface area contributed by atoms with Crippen molar-refractivity contribution in [1.82, 2.24) is 0 Å². The van der Waals surface area contributed by atoms with Crippen LogP contribution in [-0.2, 0) is 4.79 Å². The first-order valence-electron chi connectivity index (χ1n) is 6.29. The molecule has 1 nitrogen and oxygen atoms in total. The number of unbranched alkanes of at least 4 members (excludes halogenated alkanes) is 10. The molecule has 1 heteroatoms. The van der Waals surface area contributed by atoms with E-state index in [1.165, 1.54) is 51.4 Å². The Morgan fingerprint density at radius 3 is 1.73 bits per heavy atom. The van der Waals surface area contributed by atoms with Crippen molar-refractivity contribution in [2.75, 3.05) is 0 Å². The van der Waals surface area contributed by atoms with Crippen LogP contribution in [0.1, 0.15) is 70.6 Å². The highest BCUT2D eigenvalue weighted by Crippen LogP contribution is 2.10. The lowest BCUT2D eigenvalue weighted by Crippen LogP contribution is -1.82. The van der Waals surface area contributed by atoms with Gasteiger partial charge in [-0.25, -0.2) is 0 Å². The van der Waals surface area contributed by atoms with E-state index in [-0.39, 0.29) is 0 Å². The molecule has 15 heavy (non-hydrogen) atoms. The Hall–Kier alpha value is -0.770. The molecule has 0 aromatic rings. The number of aldehydes is 1. The van der Waals surface area contributed by atoms with Crippen LogP contribution < -0.4 is 0 Å². The van der Waals surface area contributed by atoms with Gasteiger partial charge < -0.3 is 4.79 Å². The first-order valence-corrected chi connectivity index (χ1v) is 6.29. The molecule has 0 N–H and O–H groups in total. The molecular weight excluding hydrogens is 184 g/mol. The minimum atomic E-state index is 0.742. The minimum absolute atomic E-state index is 0.742. The molecule has 86 valence electrons. The topological polar surface area (TPSA) is 17.1 Å². The molecule has 0 fully saturated rings. The summed E-state index contributed by atoms with van der Waals surface area (Å²) in [6, 6.07) is 0. The van der Waals surface area contributed by atoms with E-state index in [1.807, 2.05) is 0 Å². The van der Waals surface area contributed by atoms with Crippen molar-refractivity contribution in [3.8, 4) is 12.3 Å². The monoisotopic (exact) mass is 208 g/mol. The second-order valence-electron chi connectivity index (χ2n) is 4.09. The van der Waals surface area contributed by atoms with Crippen molar-refractivity contribution in [3.63, 3.8) is 0 Å². The van der Waals surface area contributed by atoms with E-state index in [1.54, 1.807) is 0 Å². The maximum absolute atomic E-state index is 10.1. The average Bonchev–Trinajstić information content (AvgIpc) is 2.26. The van der Waals surface area contributed by atoms with E-state index in [0.29, 0.717) is 0 Å². The number of rotatable bonds is 11. The number of carbonyl (C=O) groups is 1. The molecule has 0 saturated carbocycles. The maximum Gasteiger partial charge on any atom is 0.119 e. The van der Waals surface area contributed by atoms with Crippen LogP contribution in [0.3, 0.4) is 0 Å². The van der Waals surface area contributed by atoms with Gasteiger partial charge in [-0.3, -0.25) is 0 Å². The molecule has 0 heterocycles. The van der Waals surface area contributed by atoms with E-state index in [9.17, 15) is 4.79 Å². The lowest BCUT2D eigenvalue weighted by atomic mass is 10.1. The number of terminal acetylenes is 1. The third kappa shape index (κ3) is 13.2. The lowest BCUT2D eigenvalue weighted by Gasteiger charge is -2.00. The summed E-state index contributed by atoms with van der Waals surface area (Å²) in [5, 5.41) is 0. The Morgan fingerprint density at radius 1 is 0.800 bits per heavy atom. The standard InChI is InChI=1S/C14H24O/c1-2-3-4-5-6-7-8-9-10-11-12-13-14-15/h1,14H,3-13H2. The Balaban J connectivity index is 2.87. The highest BCUT2D eigenvalue weighted by molar-refractivity contribution is 5.48. The van der Waals surface area contributed by atoms with Crippen molar-refractivity contribution < 1.29 is 4.79 Å². The van der Waals surface area contributed by atoms with Gasteiger partial charge in [0.2, 0.25) is 0 Å². The van der Waals surface area contributed by atoms with Crippen LogP contribution in [0.5, 0.6) is 0 Å². The molecule has 0 atom stereocenters. The van der Waals surface area contributed by atoms with Crippen LogP contribution in [0.15, 0.2) is 0 Å². The van der Waals surface area contributed by atoms with Crippen LogP contribution in [0.25, 0.3) is 0 Å². The molecular formula is C14H24O. The summed E-state index contributed by atoms with van der Waals surface area (Å²) in [5.41, 5.74) is 0. The van der Waals surface area contributed by atoms with Crippen LogP contribution >= 0.6 is 0 Å². The fourth-order valence-electron chi connectivity index (χ4n) is 1.69. The van der Waals surface area contributed by atoms with Gasteiger partial charge in [0.15, 0.2) is 0 Å². The van der Waals surface area contributed by atoms with Gasteiger partial charge in [0, 0.05) is 12.8 Å². The average molecular weight is 208 g/mol. The summed E-state index contributed by atoms with van der Waals surface area (Å²) in [5.74, 6) is 2.67. The Bertz CT molecular complexity index is 167. The molecule has 0 aromatic heterocycles. The molecule has 0 aromatic carbocycles. The summed E-state index contributed by atoms with van der Waals surface area (Å²) in [6.07, 6.45) is 19.3. The van der Waals surface area contributed by atoms with Gasteiger partial charge >= 0.3 is 0 Å². The van der Waals surface area contributed by atoms with Crippen molar-refractivity contribution in [1.29, 1.82) is 0 Å². The van der Waals surface area contributed by atoms with Crippen LogP contribution in [0, 0.1) is 12.3 Å². The fraction of sp³-hybridized carbons (Fsp3) is 0.786. The summed E-state index contributed by atoms with van der Waals surface area (Å²) in [7, 11) is 0. The molecule has 0 aliphatic carbocycles. The minimum Gasteiger partial charge on any atom is -0.303 e. The summed E-state index contributed by atoms with van der Waals surface area (Å²) in [4.78, 5) is 10.1. The quantitative estimate of drug-likeness (QED) is 0.284. The van der Waals surface area contributed by atoms with Crippen molar-refractivity contribution in [2.24, 2.45) is 0 Å². The van der Waals surface area contributed by atoms with Crippen LogP contribution in [0.4, 0.5) is 0 Å². The summed E-state index contributed by atoms with van der Waals surface area (Å²) < 4.78 is 0. The zero-order chi connectivity index (χ0) is 11.2. The number of carbonyl (C=O) groups excluding carboxylic acids is 1. The molecule has 0 saturated heterocycles. The van der Waals surface area contributed by atoms with Crippen molar-refractivity contribution in [3.05, 3.63) is 0 Å². The van der Waals surface area contributed by atoms with Gasteiger partial charge in [-0.15, -0.1) is 12.3 Å². The predicted molar refractivity (Wildman–Crippen MR) is 65.7 cm³/mol. The Kier molecular flexibility index (Phi) is 12.6. The largest absolute Gasteiger partial charge is 0.303 e. The fourth-order valence-corrected chi connectivity index (χ4v) is 1.69. The smallest absolute Gasteiger partial charge is 0.119 e. The molecule has 0 aliphatic rings. The SMILES string of the molecule is C#CCCCCCCCCCCCC=O. The maximum atomic E-state index is 10.1. The molecule has 0 radical (unpaired) electrons. The van der Waals surface area contributed by atoms with Crippen molar-refractivity contribution in [2.45, 2.75) is 70.6 Å². The second-order valence-corrected chi connectivity index (χ2v) is 4.09. The molecule has 0 bridgehead atoms. The Morgan fingerprint density at radius 2 is 1.27 bits per heavy atom. The predicted octanol–water partition coefficient (Wildman–Crippen LogP) is 4.11. The third-order valence-corrected chi connectivity index (χ3v) is 2.64. The summed E-state index contributed by atoms with van der Waals surface area (Å²) >= 11 is 0. The van der Waals surface area contributed by atoms with E-state index >= 15 is 0 Å². The van der Waals surface area contributed by atoms with Gasteiger partial charge in [0.05, 0.1) is 0 Å².